The van der Waals surface area contributed by atoms with Crippen LogP contribution in [0.2, 0.25) is 0 Å². The quantitative estimate of drug-likeness (QED) is 0.840. The number of sulfone groups is 1. The molecule has 1 aliphatic carbocycles. The Morgan fingerprint density at radius 3 is 2.86 bits per heavy atom. The van der Waals surface area contributed by atoms with E-state index in [4.69, 9.17) is 0 Å². The highest BCUT2D eigenvalue weighted by Crippen LogP contribution is 2.25. The number of aryl methyl sites for hydroxylation is 2. The molecular weight excluding hydrogens is 318 g/mol. The highest BCUT2D eigenvalue weighted by Gasteiger charge is 2.34. The zero-order chi connectivity index (χ0) is 15.7. The summed E-state index contributed by atoms with van der Waals surface area (Å²) in [6.07, 6.45) is 4.92. The van der Waals surface area contributed by atoms with Crippen molar-refractivity contribution in [1.29, 1.82) is 0 Å². The fourth-order valence-electron chi connectivity index (χ4n) is 3.23. The van der Waals surface area contributed by atoms with Gasteiger partial charge in [0.2, 0.25) is 5.91 Å². The van der Waals surface area contributed by atoms with Crippen molar-refractivity contribution in [3.8, 4) is 0 Å². The molecule has 0 aromatic heterocycles. The van der Waals surface area contributed by atoms with Crippen LogP contribution in [0.25, 0.3) is 0 Å². The van der Waals surface area contributed by atoms with Crippen LogP contribution in [0.1, 0.15) is 23.1 Å². The topological polar surface area (TPSA) is 54.5 Å². The van der Waals surface area contributed by atoms with E-state index in [1.807, 2.05) is 6.07 Å². The first kappa shape index (κ1) is 15.9. The van der Waals surface area contributed by atoms with Crippen molar-refractivity contribution in [3.05, 3.63) is 34.9 Å². The molecule has 0 unspecified atom stereocenters. The Hall–Kier alpha value is -1.01. The minimum absolute atomic E-state index is 0.0753. The lowest BCUT2D eigenvalue weighted by atomic mass is 10.0. The van der Waals surface area contributed by atoms with Crippen molar-refractivity contribution in [3.63, 3.8) is 0 Å². The summed E-state index contributed by atoms with van der Waals surface area (Å²) in [7, 11) is -3.24. The summed E-state index contributed by atoms with van der Waals surface area (Å²) < 4.78 is 23.8. The van der Waals surface area contributed by atoms with E-state index in [1.165, 1.54) is 23.8 Å². The van der Waals surface area contributed by atoms with Crippen molar-refractivity contribution >= 4 is 27.5 Å². The second kappa shape index (κ2) is 6.24. The molecule has 1 fully saturated rings. The maximum absolute atomic E-state index is 12.6. The first-order valence-electron chi connectivity index (χ1n) is 7.62. The molecule has 1 heterocycles. The molecule has 1 aromatic carbocycles. The van der Waals surface area contributed by atoms with Crippen LogP contribution >= 0.6 is 11.8 Å². The van der Waals surface area contributed by atoms with Gasteiger partial charge in [0.15, 0.2) is 9.84 Å². The summed E-state index contributed by atoms with van der Waals surface area (Å²) in [5, 5.41) is -0.673. The van der Waals surface area contributed by atoms with Gasteiger partial charge < -0.3 is 4.90 Å². The molecule has 1 atom stereocenters. The molecule has 1 aliphatic heterocycles. The summed E-state index contributed by atoms with van der Waals surface area (Å²) in [5.74, 6) is 1.21. The van der Waals surface area contributed by atoms with Crippen LogP contribution in [0, 0.1) is 0 Å². The number of nitrogens with zero attached hydrogens (tertiary/aromatic N) is 1. The van der Waals surface area contributed by atoms with E-state index >= 15 is 0 Å². The van der Waals surface area contributed by atoms with E-state index in [0.717, 1.165) is 24.2 Å². The average Bonchev–Trinajstić information content (AvgIpc) is 2.94. The Balaban J connectivity index is 1.75. The Kier molecular flexibility index (Phi) is 4.50. The van der Waals surface area contributed by atoms with Crippen LogP contribution < -0.4 is 0 Å². The molecule has 2 aliphatic rings. The van der Waals surface area contributed by atoms with Gasteiger partial charge in [-0.05, 0) is 36.0 Å². The van der Waals surface area contributed by atoms with Gasteiger partial charge >= 0.3 is 0 Å². The molecule has 0 N–H and O–H groups in total. The average molecular weight is 339 g/mol. The third kappa shape index (κ3) is 3.33. The van der Waals surface area contributed by atoms with Crippen LogP contribution in [-0.2, 0) is 33.9 Å². The van der Waals surface area contributed by atoms with Crippen LogP contribution in [-0.4, -0.2) is 48.9 Å². The van der Waals surface area contributed by atoms with E-state index in [0.29, 0.717) is 18.7 Å². The van der Waals surface area contributed by atoms with Gasteiger partial charge in [-0.2, -0.15) is 11.8 Å². The van der Waals surface area contributed by atoms with Gasteiger partial charge in [0.25, 0.3) is 0 Å². The molecule has 0 bridgehead atoms. The lowest BCUT2D eigenvalue weighted by molar-refractivity contribution is -0.130. The Bertz CT molecular complexity index is 685. The van der Waals surface area contributed by atoms with Crippen LogP contribution in [0.15, 0.2) is 18.2 Å². The number of rotatable bonds is 3. The molecular formula is C16H21NO3S2. The minimum atomic E-state index is -3.24. The predicted octanol–water partition coefficient (Wildman–Crippen LogP) is 1.66. The number of benzene rings is 1. The lowest BCUT2D eigenvalue weighted by Crippen LogP contribution is -2.50. The Morgan fingerprint density at radius 1 is 1.32 bits per heavy atom. The summed E-state index contributed by atoms with van der Waals surface area (Å²) in [5.41, 5.74) is 3.73. The van der Waals surface area contributed by atoms with Gasteiger partial charge in [-0.15, -0.1) is 0 Å². The molecule has 4 nitrogen and oxygen atoms in total. The zero-order valence-electron chi connectivity index (χ0n) is 12.7. The first-order valence-corrected chi connectivity index (χ1v) is 10.7. The smallest absolute Gasteiger partial charge is 0.228 e. The van der Waals surface area contributed by atoms with Gasteiger partial charge in [0, 0.05) is 24.3 Å². The minimum Gasteiger partial charge on any atom is -0.324 e. The zero-order valence-corrected chi connectivity index (χ0v) is 14.4. The van der Waals surface area contributed by atoms with Crippen LogP contribution in [0.4, 0.5) is 0 Å². The van der Waals surface area contributed by atoms with Gasteiger partial charge in [-0.25, -0.2) is 8.42 Å². The highest BCUT2D eigenvalue weighted by molar-refractivity contribution is 8.00. The molecule has 1 aromatic rings. The maximum atomic E-state index is 12.6. The van der Waals surface area contributed by atoms with Crippen molar-refractivity contribution in [1.82, 2.24) is 4.90 Å². The second-order valence-corrected chi connectivity index (χ2v) is 9.43. The molecule has 1 amide bonds. The third-order valence-corrected chi connectivity index (χ3v) is 7.06. The van der Waals surface area contributed by atoms with Crippen molar-refractivity contribution in [2.75, 3.05) is 24.3 Å². The molecule has 6 heteroatoms. The molecule has 0 radical (unpaired) electrons. The van der Waals surface area contributed by atoms with Crippen molar-refractivity contribution < 1.29 is 13.2 Å². The third-order valence-electron chi connectivity index (χ3n) is 4.42. The SMILES string of the molecule is CS(=O)(=O)[C@H]1CSCCN1C(=O)Cc1ccc2c(c1)CCC2. The largest absolute Gasteiger partial charge is 0.324 e. The normalized spacial score (nSPS) is 21.7. The van der Waals surface area contributed by atoms with E-state index in [9.17, 15) is 13.2 Å². The number of fused-ring (bicyclic) bond motifs is 1. The molecule has 120 valence electrons. The first-order chi connectivity index (χ1) is 10.4. The molecule has 0 spiro atoms. The molecule has 1 saturated heterocycles. The van der Waals surface area contributed by atoms with E-state index in [2.05, 4.69) is 12.1 Å². The Labute approximate surface area is 136 Å². The van der Waals surface area contributed by atoms with Crippen LogP contribution in [0.5, 0.6) is 0 Å². The predicted molar refractivity (Wildman–Crippen MR) is 89.8 cm³/mol. The summed E-state index contributed by atoms with van der Waals surface area (Å²) >= 11 is 1.60. The second-order valence-electron chi connectivity index (χ2n) is 6.08. The fourth-order valence-corrected chi connectivity index (χ4v) is 6.07. The van der Waals surface area contributed by atoms with Gasteiger partial charge in [-0.3, -0.25) is 4.79 Å². The lowest BCUT2D eigenvalue weighted by Gasteiger charge is -2.34. The van der Waals surface area contributed by atoms with Crippen molar-refractivity contribution in [2.45, 2.75) is 31.1 Å². The molecule has 22 heavy (non-hydrogen) atoms. The van der Waals surface area contributed by atoms with Gasteiger partial charge in [0.1, 0.15) is 5.37 Å². The van der Waals surface area contributed by atoms with Gasteiger partial charge in [-0.1, -0.05) is 18.2 Å². The number of carbonyl (C=O) groups is 1. The number of carbonyl (C=O) groups excluding carboxylic acids is 1. The fraction of sp³-hybridized carbons (Fsp3) is 0.562. The summed E-state index contributed by atoms with van der Waals surface area (Å²) in [6.45, 7) is 0.520. The molecule has 3 rings (SSSR count). The van der Waals surface area contributed by atoms with Crippen molar-refractivity contribution in [2.24, 2.45) is 0 Å². The number of amides is 1. The van der Waals surface area contributed by atoms with E-state index < -0.39 is 15.2 Å². The monoisotopic (exact) mass is 339 g/mol. The van der Waals surface area contributed by atoms with E-state index in [-0.39, 0.29) is 5.91 Å². The number of hydrogen-bond donors (Lipinski definition) is 0. The summed E-state index contributed by atoms with van der Waals surface area (Å²) in [4.78, 5) is 14.1. The molecule has 0 saturated carbocycles. The highest BCUT2D eigenvalue weighted by atomic mass is 32.2. The Morgan fingerprint density at radius 2 is 2.09 bits per heavy atom. The standard InChI is InChI=1S/C16H21NO3S2/c1-22(19,20)16-11-21-8-7-17(16)15(18)10-12-5-6-13-3-2-4-14(13)9-12/h5-6,9,16H,2-4,7-8,10-11H2,1H3/t16-/m0/s1. The van der Waals surface area contributed by atoms with Crippen LogP contribution in [0.3, 0.4) is 0 Å². The van der Waals surface area contributed by atoms with E-state index in [1.54, 1.807) is 16.7 Å². The summed E-state index contributed by atoms with van der Waals surface area (Å²) in [6, 6.07) is 6.25. The number of thioether (sulfide) groups is 1. The van der Waals surface area contributed by atoms with Gasteiger partial charge in [0.05, 0.1) is 6.42 Å². The number of hydrogen-bond acceptors (Lipinski definition) is 4. The maximum Gasteiger partial charge on any atom is 0.228 e.